The monoisotopic (exact) mass is 400 g/mol. The van der Waals surface area contributed by atoms with Crippen molar-refractivity contribution in [1.29, 1.82) is 0 Å². The molecule has 0 radical (unpaired) electrons. The van der Waals surface area contributed by atoms with Crippen LogP contribution in [0.5, 0.6) is 0 Å². The van der Waals surface area contributed by atoms with Crippen molar-refractivity contribution in [2.45, 2.75) is 19.9 Å². The van der Waals surface area contributed by atoms with Gasteiger partial charge in [0.1, 0.15) is 5.82 Å². The molecule has 106 valence electrons. The van der Waals surface area contributed by atoms with Crippen LogP contribution in [0.15, 0.2) is 33.3 Å². The zero-order valence-electron chi connectivity index (χ0n) is 11.5. The van der Waals surface area contributed by atoms with Gasteiger partial charge in [0.05, 0.1) is 11.7 Å². The highest BCUT2D eigenvalue weighted by molar-refractivity contribution is 9.11. The van der Waals surface area contributed by atoms with Gasteiger partial charge in [0.25, 0.3) is 0 Å². The molecule has 0 spiro atoms. The largest absolute Gasteiger partial charge is 0.308 e. The average molecular weight is 402 g/mol. The molecule has 1 aromatic heterocycles. The van der Waals surface area contributed by atoms with E-state index in [0.717, 1.165) is 25.8 Å². The molecule has 2 rings (SSSR count). The lowest BCUT2D eigenvalue weighted by molar-refractivity contribution is 0.565. The lowest BCUT2D eigenvalue weighted by atomic mass is 9.96. The number of hydrogen-bond donors (Lipinski definition) is 1. The van der Waals surface area contributed by atoms with E-state index < -0.39 is 0 Å². The summed E-state index contributed by atoms with van der Waals surface area (Å²) in [5, 5.41) is 3.15. The van der Waals surface area contributed by atoms with E-state index in [2.05, 4.69) is 42.2 Å². The Labute approximate surface area is 135 Å². The van der Waals surface area contributed by atoms with Crippen LogP contribution in [0, 0.1) is 19.7 Å². The number of aryl methyl sites for hydroxylation is 2. The van der Waals surface area contributed by atoms with Crippen molar-refractivity contribution in [2.75, 3.05) is 7.05 Å². The minimum absolute atomic E-state index is 0.210. The fourth-order valence-electron chi connectivity index (χ4n) is 2.35. The highest BCUT2D eigenvalue weighted by Crippen LogP contribution is 2.32. The third kappa shape index (κ3) is 3.10. The van der Waals surface area contributed by atoms with Crippen LogP contribution in [0.2, 0.25) is 0 Å². The van der Waals surface area contributed by atoms with Gasteiger partial charge in [-0.25, -0.2) is 4.39 Å². The van der Waals surface area contributed by atoms with E-state index in [-0.39, 0.29) is 11.9 Å². The first kappa shape index (κ1) is 15.6. The van der Waals surface area contributed by atoms with E-state index >= 15 is 0 Å². The first-order chi connectivity index (χ1) is 9.43. The zero-order chi connectivity index (χ0) is 14.9. The Morgan fingerprint density at radius 1 is 1.20 bits per heavy atom. The summed E-state index contributed by atoms with van der Waals surface area (Å²) in [6.45, 7) is 3.81. The summed E-state index contributed by atoms with van der Waals surface area (Å²) < 4.78 is 16.1. The molecule has 5 heteroatoms. The van der Waals surface area contributed by atoms with Crippen LogP contribution < -0.4 is 5.32 Å². The average Bonchev–Trinajstić information content (AvgIpc) is 2.34. The van der Waals surface area contributed by atoms with Crippen molar-refractivity contribution in [3.8, 4) is 0 Å². The van der Waals surface area contributed by atoms with Gasteiger partial charge in [-0.2, -0.15) is 0 Å². The molecule has 0 saturated heterocycles. The summed E-state index contributed by atoms with van der Waals surface area (Å²) in [5.74, 6) is -0.210. The molecule has 1 aromatic carbocycles. The SMILES string of the molecule is CNC(c1ncc(Br)cc1Br)c1c(C)cc(C)cc1F. The van der Waals surface area contributed by atoms with Crippen molar-refractivity contribution in [3.05, 3.63) is 61.5 Å². The summed E-state index contributed by atoms with van der Waals surface area (Å²) >= 11 is 6.87. The van der Waals surface area contributed by atoms with E-state index in [1.807, 2.05) is 26.0 Å². The highest BCUT2D eigenvalue weighted by atomic mass is 79.9. The van der Waals surface area contributed by atoms with E-state index in [1.165, 1.54) is 0 Å². The third-order valence-corrected chi connectivity index (χ3v) is 4.24. The Morgan fingerprint density at radius 3 is 2.45 bits per heavy atom. The van der Waals surface area contributed by atoms with E-state index in [1.54, 1.807) is 19.3 Å². The maximum Gasteiger partial charge on any atom is 0.128 e. The van der Waals surface area contributed by atoms with Gasteiger partial charge >= 0.3 is 0 Å². The summed E-state index contributed by atoms with van der Waals surface area (Å²) in [4.78, 5) is 4.41. The molecule has 0 saturated carbocycles. The van der Waals surface area contributed by atoms with Crippen LogP contribution >= 0.6 is 31.9 Å². The van der Waals surface area contributed by atoms with Gasteiger partial charge in [-0.05, 0) is 76.0 Å². The first-order valence-corrected chi connectivity index (χ1v) is 7.77. The van der Waals surface area contributed by atoms with Crippen molar-refractivity contribution in [3.63, 3.8) is 0 Å². The molecule has 0 aliphatic rings. The molecule has 0 aliphatic heterocycles. The maximum absolute atomic E-state index is 14.4. The predicted octanol–water partition coefficient (Wildman–Crippen LogP) is 4.67. The highest BCUT2D eigenvalue weighted by Gasteiger charge is 2.22. The molecule has 2 nitrogen and oxygen atoms in total. The summed E-state index contributed by atoms with van der Waals surface area (Å²) in [6, 6.07) is 5.15. The number of aromatic nitrogens is 1. The Morgan fingerprint density at radius 2 is 1.90 bits per heavy atom. The Bertz CT molecular complexity index is 621. The number of rotatable bonds is 3. The van der Waals surface area contributed by atoms with Crippen molar-refractivity contribution in [1.82, 2.24) is 10.3 Å². The lowest BCUT2D eigenvalue weighted by Crippen LogP contribution is -2.22. The van der Waals surface area contributed by atoms with Gasteiger partial charge in [-0.3, -0.25) is 4.98 Å². The second-order valence-electron chi connectivity index (χ2n) is 4.72. The van der Waals surface area contributed by atoms with Crippen LogP contribution in [0.3, 0.4) is 0 Å². The molecule has 0 aliphatic carbocycles. The quantitative estimate of drug-likeness (QED) is 0.808. The van der Waals surface area contributed by atoms with E-state index in [9.17, 15) is 4.39 Å². The van der Waals surface area contributed by atoms with Crippen LogP contribution in [0.1, 0.15) is 28.4 Å². The van der Waals surface area contributed by atoms with Gasteiger partial charge in [-0.1, -0.05) is 6.07 Å². The number of halogens is 3. The Hall–Kier alpha value is -0.780. The predicted molar refractivity (Wildman–Crippen MR) is 86.4 cm³/mol. The molecule has 0 bridgehead atoms. The van der Waals surface area contributed by atoms with Crippen LogP contribution in [0.25, 0.3) is 0 Å². The molecular weight excluding hydrogens is 387 g/mol. The van der Waals surface area contributed by atoms with Gasteiger partial charge in [0.2, 0.25) is 0 Å². The molecule has 1 atom stereocenters. The molecule has 1 unspecified atom stereocenters. The smallest absolute Gasteiger partial charge is 0.128 e. The fraction of sp³-hybridized carbons (Fsp3) is 0.267. The topological polar surface area (TPSA) is 24.9 Å². The molecule has 0 fully saturated rings. The van der Waals surface area contributed by atoms with Crippen molar-refractivity contribution < 1.29 is 4.39 Å². The minimum atomic E-state index is -0.293. The lowest BCUT2D eigenvalue weighted by Gasteiger charge is -2.21. The van der Waals surface area contributed by atoms with Gasteiger partial charge in [0, 0.05) is 20.7 Å². The van der Waals surface area contributed by atoms with Crippen LogP contribution in [-0.2, 0) is 0 Å². The van der Waals surface area contributed by atoms with Crippen LogP contribution in [0.4, 0.5) is 4.39 Å². The number of benzene rings is 1. The second-order valence-corrected chi connectivity index (χ2v) is 6.49. The number of hydrogen-bond acceptors (Lipinski definition) is 2. The molecule has 1 heterocycles. The second kappa shape index (κ2) is 6.33. The number of pyridine rings is 1. The van der Waals surface area contributed by atoms with Crippen LogP contribution in [-0.4, -0.2) is 12.0 Å². The molecule has 0 amide bonds. The minimum Gasteiger partial charge on any atom is -0.308 e. The summed E-state index contributed by atoms with van der Waals surface area (Å²) in [6.07, 6.45) is 1.71. The van der Waals surface area contributed by atoms with Gasteiger partial charge in [0.15, 0.2) is 0 Å². The Balaban J connectivity index is 2.58. The first-order valence-electron chi connectivity index (χ1n) is 6.19. The molecule has 1 N–H and O–H groups in total. The molecule has 20 heavy (non-hydrogen) atoms. The third-order valence-electron chi connectivity index (χ3n) is 3.17. The summed E-state index contributed by atoms with van der Waals surface area (Å²) in [5.41, 5.74) is 3.23. The van der Waals surface area contributed by atoms with Gasteiger partial charge < -0.3 is 5.32 Å². The number of nitrogens with zero attached hydrogens (tertiary/aromatic N) is 1. The fourth-order valence-corrected chi connectivity index (χ4v) is 3.56. The summed E-state index contributed by atoms with van der Waals surface area (Å²) in [7, 11) is 1.81. The molecular formula is C15H15Br2FN2. The maximum atomic E-state index is 14.4. The molecule has 2 aromatic rings. The van der Waals surface area contributed by atoms with Crippen molar-refractivity contribution in [2.24, 2.45) is 0 Å². The van der Waals surface area contributed by atoms with Crippen molar-refractivity contribution >= 4 is 31.9 Å². The van der Waals surface area contributed by atoms with E-state index in [4.69, 9.17) is 0 Å². The Kier molecular flexibility index (Phi) is 4.94. The number of nitrogens with one attached hydrogen (secondary N) is 1. The van der Waals surface area contributed by atoms with Gasteiger partial charge in [-0.15, -0.1) is 0 Å². The zero-order valence-corrected chi connectivity index (χ0v) is 14.6. The van der Waals surface area contributed by atoms with E-state index in [0.29, 0.717) is 5.56 Å². The normalized spacial score (nSPS) is 12.5. The standard InChI is InChI=1S/C15H15Br2FN2/c1-8-4-9(2)13(12(18)5-8)15(19-3)14-11(17)6-10(16)7-20-14/h4-7,15,19H,1-3H3.